The Bertz CT molecular complexity index is 470. The second-order valence-corrected chi connectivity index (χ2v) is 5.14. The van der Waals surface area contributed by atoms with E-state index in [1.807, 2.05) is 13.8 Å². The summed E-state index contributed by atoms with van der Waals surface area (Å²) in [7, 11) is 0. The van der Waals surface area contributed by atoms with E-state index in [1.54, 1.807) is 13.0 Å². The highest BCUT2D eigenvalue weighted by Gasteiger charge is 2.17. The Kier molecular flexibility index (Phi) is 5.95. The Balaban J connectivity index is 2.93. The molecule has 0 aliphatic carbocycles. The number of aromatic carboxylic acids is 1. The van der Waals surface area contributed by atoms with Gasteiger partial charge in [-0.2, -0.15) is 0 Å². The van der Waals surface area contributed by atoms with Gasteiger partial charge in [0.1, 0.15) is 11.4 Å². The van der Waals surface area contributed by atoms with Crippen LogP contribution in [0.15, 0.2) is 6.07 Å². The third kappa shape index (κ3) is 4.20. The van der Waals surface area contributed by atoms with Gasteiger partial charge in [-0.3, -0.25) is 0 Å². The molecule has 20 heavy (non-hydrogen) atoms. The summed E-state index contributed by atoms with van der Waals surface area (Å²) in [5.74, 6) is -0.470. The normalized spacial score (nSPS) is 12.5. The predicted octanol–water partition coefficient (Wildman–Crippen LogP) is 2.54. The van der Waals surface area contributed by atoms with Gasteiger partial charge in [-0.05, 0) is 45.5 Å². The number of rotatable bonds is 7. The third-order valence-corrected chi connectivity index (χ3v) is 3.37. The third-order valence-electron chi connectivity index (χ3n) is 3.37. The van der Waals surface area contributed by atoms with Crippen molar-refractivity contribution in [2.45, 2.75) is 40.7 Å². The van der Waals surface area contributed by atoms with Gasteiger partial charge in [0, 0.05) is 18.3 Å². The Morgan fingerprint density at radius 3 is 2.50 bits per heavy atom. The van der Waals surface area contributed by atoms with Gasteiger partial charge < -0.3 is 15.3 Å². The number of hydrogen-bond donors (Lipinski definition) is 2. The summed E-state index contributed by atoms with van der Waals surface area (Å²) in [4.78, 5) is 18.0. The standard InChI is InChI=1S/C15H25N3O2/c1-6-18(7-2)9-12(5)17-14-13(15(19)20)10(3)8-11(4)16-14/h8,12H,6-7,9H2,1-5H3,(H,16,17)(H,19,20). The largest absolute Gasteiger partial charge is 0.478 e. The number of pyridine rings is 1. The summed E-state index contributed by atoms with van der Waals surface area (Å²) >= 11 is 0. The number of carboxylic acids is 1. The first-order chi connectivity index (χ1) is 9.38. The Labute approximate surface area is 121 Å². The van der Waals surface area contributed by atoms with Crippen LogP contribution in [0.2, 0.25) is 0 Å². The molecule has 0 saturated heterocycles. The lowest BCUT2D eigenvalue weighted by atomic mass is 10.1. The van der Waals surface area contributed by atoms with Gasteiger partial charge in [0.15, 0.2) is 0 Å². The van der Waals surface area contributed by atoms with Crippen LogP contribution in [0.3, 0.4) is 0 Å². The summed E-state index contributed by atoms with van der Waals surface area (Å²) in [6.45, 7) is 12.8. The molecular formula is C15H25N3O2. The molecule has 1 unspecified atom stereocenters. The zero-order chi connectivity index (χ0) is 15.3. The minimum atomic E-state index is -0.937. The molecule has 0 amide bonds. The molecule has 1 atom stereocenters. The van der Waals surface area contributed by atoms with E-state index in [1.165, 1.54) is 0 Å². The van der Waals surface area contributed by atoms with Crippen molar-refractivity contribution < 1.29 is 9.90 Å². The fraction of sp³-hybridized carbons (Fsp3) is 0.600. The molecule has 0 spiro atoms. The second-order valence-electron chi connectivity index (χ2n) is 5.14. The molecule has 2 N–H and O–H groups in total. The molecule has 0 aliphatic rings. The molecule has 112 valence electrons. The monoisotopic (exact) mass is 279 g/mol. The van der Waals surface area contributed by atoms with Crippen LogP contribution in [0, 0.1) is 13.8 Å². The summed E-state index contributed by atoms with van der Waals surface area (Å²) in [6.07, 6.45) is 0. The van der Waals surface area contributed by atoms with Crippen molar-refractivity contribution in [3.63, 3.8) is 0 Å². The quantitative estimate of drug-likeness (QED) is 0.803. The van der Waals surface area contributed by atoms with Crippen LogP contribution in [-0.4, -0.2) is 46.6 Å². The number of carboxylic acid groups (broad SMARTS) is 1. The molecule has 1 heterocycles. The maximum absolute atomic E-state index is 11.4. The summed E-state index contributed by atoms with van der Waals surface area (Å²) in [5.41, 5.74) is 1.83. The van der Waals surface area contributed by atoms with E-state index in [9.17, 15) is 9.90 Å². The van der Waals surface area contributed by atoms with Gasteiger partial charge in [-0.15, -0.1) is 0 Å². The smallest absolute Gasteiger partial charge is 0.339 e. The first-order valence-corrected chi connectivity index (χ1v) is 7.09. The van der Waals surface area contributed by atoms with E-state index in [0.717, 1.165) is 30.9 Å². The highest BCUT2D eigenvalue weighted by Crippen LogP contribution is 2.19. The average Bonchev–Trinajstić information content (AvgIpc) is 2.34. The van der Waals surface area contributed by atoms with Crippen LogP contribution in [0.1, 0.15) is 42.4 Å². The SMILES string of the molecule is CCN(CC)CC(C)Nc1nc(C)cc(C)c1C(=O)O. The van der Waals surface area contributed by atoms with Crippen molar-refractivity contribution >= 4 is 11.8 Å². The summed E-state index contributed by atoms with van der Waals surface area (Å²) < 4.78 is 0. The number of carbonyl (C=O) groups is 1. The molecule has 1 aromatic rings. The number of likely N-dealkylation sites (N-methyl/N-ethyl adjacent to an activating group) is 1. The number of nitrogens with one attached hydrogen (secondary N) is 1. The van der Waals surface area contributed by atoms with Crippen molar-refractivity contribution in [3.05, 3.63) is 22.9 Å². The zero-order valence-corrected chi connectivity index (χ0v) is 13.0. The van der Waals surface area contributed by atoms with Gasteiger partial charge in [-0.1, -0.05) is 13.8 Å². The van der Waals surface area contributed by atoms with Crippen LogP contribution < -0.4 is 5.32 Å². The fourth-order valence-corrected chi connectivity index (χ4v) is 2.36. The molecule has 0 bridgehead atoms. The fourth-order valence-electron chi connectivity index (χ4n) is 2.36. The van der Waals surface area contributed by atoms with E-state index in [4.69, 9.17) is 0 Å². The van der Waals surface area contributed by atoms with Crippen LogP contribution in [0.5, 0.6) is 0 Å². The van der Waals surface area contributed by atoms with Crippen LogP contribution in [0.25, 0.3) is 0 Å². The Morgan fingerprint density at radius 2 is 2.00 bits per heavy atom. The molecule has 0 fully saturated rings. The molecule has 1 rings (SSSR count). The predicted molar refractivity (Wildman–Crippen MR) is 81.5 cm³/mol. The number of aromatic nitrogens is 1. The van der Waals surface area contributed by atoms with E-state index in [2.05, 4.69) is 29.0 Å². The van der Waals surface area contributed by atoms with Crippen molar-refractivity contribution in [2.75, 3.05) is 25.0 Å². The van der Waals surface area contributed by atoms with Gasteiger partial charge >= 0.3 is 5.97 Å². The van der Waals surface area contributed by atoms with Gasteiger partial charge in [0.05, 0.1) is 0 Å². The Morgan fingerprint density at radius 1 is 1.40 bits per heavy atom. The molecule has 5 nitrogen and oxygen atoms in total. The van der Waals surface area contributed by atoms with Gasteiger partial charge in [0.25, 0.3) is 0 Å². The number of nitrogens with zero attached hydrogens (tertiary/aromatic N) is 2. The summed E-state index contributed by atoms with van der Waals surface area (Å²) in [5, 5.41) is 12.6. The maximum Gasteiger partial charge on any atom is 0.339 e. The van der Waals surface area contributed by atoms with E-state index in [0.29, 0.717) is 5.82 Å². The van der Waals surface area contributed by atoms with Crippen molar-refractivity contribution in [1.82, 2.24) is 9.88 Å². The lowest BCUT2D eigenvalue weighted by Gasteiger charge is -2.24. The molecule has 5 heteroatoms. The minimum Gasteiger partial charge on any atom is -0.478 e. The number of aryl methyl sites for hydroxylation is 2. The molecule has 1 aromatic heterocycles. The van der Waals surface area contributed by atoms with Crippen molar-refractivity contribution in [1.29, 1.82) is 0 Å². The van der Waals surface area contributed by atoms with Crippen LogP contribution in [-0.2, 0) is 0 Å². The zero-order valence-electron chi connectivity index (χ0n) is 13.0. The highest BCUT2D eigenvalue weighted by molar-refractivity contribution is 5.94. The van der Waals surface area contributed by atoms with Crippen LogP contribution >= 0.6 is 0 Å². The van der Waals surface area contributed by atoms with Crippen molar-refractivity contribution in [3.8, 4) is 0 Å². The maximum atomic E-state index is 11.4. The molecule has 0 aliphatic heterocycles. The average molecular weight is 279 g/mol. The van der Waals surface area contributed by atoms with Crippen LogP contribution in [0.4, 0.5) is 5.82 Å². The molecule has 0 saturated carbocycles. The topological polar surface area (TPSA) is 65.5 Å². The Hall–Kier alpha value is -1.62. The van der Waals surface area contributed by atoms with Crippen molar-refractivity contribution in [2.24, 2.45) is 0 Å². The lowest BCUT2D eigenvalue weighted by Crippen LogP contribution is -2.35. The summed E-state index contributed by atoms with van der Waals surface area (Å²) in [6, 6.07) is 1.94. The first kappa shape index (κ1) is 16.4. The van der Waals surface area contributed by atoms with Gasteiger partial charge in [-0.25, -0.2) is 9.78 Å². The highest BCUT2D eigenvalue weighted by atomic mass is 16.4. The van der Waals surface area contributed by atoms with E-state index >= 15 is 0 Å². The first-order valence-electron chi connectivity index (χ1n) is 7.09. The second kappa shape index (κ2) is 7.24. The molecular weight excluding hydrogens is 254 g/mol. The van der Waals surface area contributed by atoms with E-state index < -0.39 is 5.97 Å². The minimum absolute atomic E-state index is 0.140. The van der Waals surface area contributed by atoms with Gasteiger partial charge in [0.2, 0.25) is 0 Å². The van der Waals surface area contributed by atoms with E-state index in [-0.39, 0.29) is 11.6 Å². The number of hydrogen-bond acceptors (Lipinski definition) is 4. The lowest BCUT2D eigenvalue weighted by molar-refractivity contribution is 0.0696. The molecule has 0 radical (unpaired) electrons. The molecule has 0 aromatic carbocycles. The number of anilines is 1.